The molecule has 128 valence electrons. The van der Waals surface area contributed by atoms with Crippen LogP contribution in [0.15, 0.2) is 0 Å². The molecular weight excluding hydrogens is 302 g/mol. The number of carbonyl (C=O) groups is 2. The molecule has 0 aromatic carbocycles. The standard InChI is InChI=1S/C16H29N3O2.ClH/c1-19(2)15(21)16(8-3-4-9-16)11-18-14(20)12-6-5-7-13(17)10-12;/h12-13H,3-11,17H2,1-2H3,(H,18,20);1H. The largest absolute Gasteiger partial charge is 0.355 e. The summed E-state index contributed by atoms with van der Waals surface area (Å²) in [6.45, 7) is 0.481. The molecule has 2 fully saturated rings. The number of halogens is 1. The predicted molar refractivity (Wildman–Crippen MR) is 89.8 cm³/mol. The number of amides is 2. The van der Waals surface area contributed by atoms with Crippen LogP contribution >= 0.6 is 12.4 Å². The van der Waals surface area contributed by atoms with Crippen LogP contribution in [0.2, 0.25) is 0 Å². The van der Waals surface area contributed by atoms with E-state index in [-0.39, 0.29) is 41.6 Å². The van der Waals surface area contributed by atoms with E-state index in [0.717, 1.165) is 51.4 Å². The van der Waals surface area contributed by atoms with E-state index < -0.39 is 0 Å². The van der Waals surface area contributed by atoms with Gasteiger partial charge >= 0.3 is 0 Å². The van der Waals surface area contributed by atoms with E-state index in [9.17, 15) is 9.59 Å². The van der Waals surface area contributed by atoms with Crippen molar-refractivity contribution < 1.29 is 9.59 Å². The molecule has 0 heterocycles. The number of nitrogens with two attached hydrogens (primary N) is 1. The zero-order chi connectivity index (χ0) is 15.5. The molecule has 3 N–H and O–H groups in total. The van der Waals surface area contributed by atoms with Crippen molar-refractivity contribution in [3.8, 4) is 0 Å². The third-order valence-corrected chi connectivity index (χ3v) is 5.11. The zero-order valence-corrected chi connectivity index (χ0v) is 14.6. The molecule has 5 nitrogen and oxygen atoms in total. The Labute approximate surface area is 139 Å². The minimum absolute atomic E-state index is 0. The Morgan fingerprint density at radius 2 is 1.82 bits per heavy atom. The van der Waals surface area contributed by atoms with Crippen LogP contribution in [-0.4, -0.2) is 43.4 Å². The fourth-order valence-corrected chi connectivity index (χ4v) is 3.86. The second-order valence-corrected chi connectivity index (χ2v) is 7.03. The number of nitrogens with zero attached hydrogens (tertiary/aromatic N) is 1. The zero-order valence-electron chi connectivity index (χ0n) is 13.8. The Morgan fingerprint density at radius 1 is 1.18 bits per heavy atom. The quantitative estimate of drug-likeness (QED) is 0.823. The molecule has 2 amide bonds. The van der Waals surface area contributed by atoms with Gasteiger partial charge < -0.3 is 16.0 Å². The van der Waals surface area contributed by atoms with Crippen molar-refractivity contribution in [3.63, 3.8) is 0 Å². The molecule has 0 radical (unpaired) electrons. The van der Waals surface area contributed by atoms with Crippen molar-refractivity contribution in [1.82, 2.24) is 10.2 Å². The van der Waals surface area contributed by atoms with Crippen molar-refractivity contribution in [2.75, 3.05) is 20.6 Å². The van der Waals surface area contributed by atoms with Crippen molar-refractivity contribution in [3.05, 3.63) is 0 Å². The highest BCUT2D eigenvalue weighted by molar-refractivity contribution is 5.85. The van der Waals surface area contributed by atoms with Gasteiger partial charge in [-0.25, -0.2) is 0 Å². The SMILES string of the molecule is CN(C)C(=O)C1(CNC(=O)C2CCCC(N)C2)CCCC1.Cl. The third-order valence-electron chi connectivity index (χ3n) is 5.11. The van der Waals surface area contributed by atoms with Gasteiger partial charge in [0.25, 0.3) is 0 Å². The predicted octanol–water partition coefficient (Wildman–Crippen LogP) is 1.69. The fourth-order valence-electron chi connectivity index (χ4n) is 3.86. The molecule has 0 aromatic heterocycles. The average molecular weight is 332 g/mol. The summed E-state index contributed by atoms with van der Waals surface area (Å²) in [5.41, 5.74) is 5.58. The van der Waals surface area contributed by atoms with Gasteiger partial charge in [0.1, 0.15) is 0 Å². The number of rotatable bonds is 4. The van der Waals surface area contributed by atoms with Gasteiger partial charge in [0, 0.05) is 32.6 Å². The lowest BCUT2D eigenvalue weighted by Crippen LogP contribution is -2.48. The number of nitrogens with one attached hydrogen (secondary N) is 1. The summed E-state index contributed by atoms with van der Waals surface area (Å²) in [6.07, 6.45) is 7.67. The van der Waals surface area contributed by atoms with Crippen LogP contribution in [0, 0.1) is 11.3 Å². The summed E-state index contributed by atoms with van der Waals surface area (Å²) in [5, 5.41) is 3.05. The molecule has 22 heavy (non-hydrogen) atoms. The average Bonchev–Trinajstić information content (AvgIpc) is 2.94. The monoisotopic (exact) mass is 331 g/mol. The first-order valence-corrected chi connectivity index (χ1v) is 8.20. The maximum absolute atomic E-state index is 12.5. The van der Waals surface area contributed by atoms with Gasteiger partial charge in [0.05, 0.1) is 5.41 Å². The van der Waals surface area contributed by atoms with Crippen LogP contribution in [0.25, 0.3) is 0 Å². The third kappa shape index (κ3) is 4.35. The number of hydrogen-bond acceptors (Lipinski definition) is 3. The minimum atomic E-state index is -0.379. The first-order chi connectivity index (χ1) is 9.94. The first kappa shape index (κ1) is 19.2. The van der Waals surface area contributed by atoms with E-state index in [1.165, 1.54) is 0 Å². The van der Waals surface area contributed by atoms with Gasteiger partial charge in [0.2, 0.25) is 11.8 Å². The van der Waals surface area contributed by atoms with Crippen LogP contribution in [0.1, 0.15) is 51.4 Å². The van der Waals surface area contributed by atoms with Crippen molar-refractivity contribution >= 4 is 24.2 Å². The van der Waals surface area contributed by atoms with E-state index in [0.29, 0.717) is 6.54 Å². The first-order valence-electron chi connectivity index (χ1n) is 8.20. The van der Waals surface area contributed by atoms with E-state index >= 15 is 0 Å². The Morgan fingerprint density at radius 3 is 2.36 bits per heavy atom. The molecular formula is C16H30ClN3O2. The normalized spacial score (nSPS) is 26.9. The Hall–Kier alpha value is -0.810. The number of hydrogen-bond donors (Lipinski definition) is 2. The molecule has 2 atom stereocenters. The summed E-state index contributed by atoms with van der Waals surface area (Å²) in [7, 11) is 3.59. The molecule has 0 spiro atoms. The highest BCUT2D eigenvalue weighted by atomic mass is 35.5. The number of carbonyl (C=O) groups excluding carboxylic acids is 2. The maximum Gasteiger partial charge on any atom is 0.230 e. The molecule has 6 heteroatoms. The van der Waals surface area contributed by atoms with Gasteiger partial charge in [-0.3, -0.25) is 9.59 Å². The summed E-state index contributed by atoms with van der Waals surface area (Å²) < 4.78 is 0. The van der Waals surface area contributed by atoms with Gasteiger partial charge in [-0.2, -0.15) is 0 Å². The summed E-state index contributed by atoms with van der Waals surface area (Å²) >= 11 is 0. The van der Waals surface area contributed by atoms with E-state index in [4.69, 9.17) is 5.73 Å². The van der Waals surface area contributed by atoms with Crippen molar-refractivity contribution in [1.29, 1.82) is 0 Å². The van der Waals surface area contributed by atoms with Crippen LogP contribution in [0.5, 0.6) is 0 Å². The molecule has 0 aliphatic heterocycles. The second-order valence-electron chi connectivity index (χ2n) is 7.03. The Kier molecular flexibility index (Phi) is 7.13. The van der Waals surface area contributed by atoms with E-state index in [1.54, 1.807) is 19.0 Å². The molecule has 2 rings (SSSR count). The molecule has 0 saturated heterocycles. The van der Waals surface area contributed by atoms with Crippen LogP contribution < -0.4 is 11.1 Å². The molecule has 0 aromatic rings. The van der Waals surface area contributed by atoms with E-state index in [1.807, 2.05) is 0 Å². The highest BCUT2D eigenvalue weighted by Gasteiger charge is 2.42. The summed E-state index contributed by atoms with van der Waals surface area (Å²) in [5.74, 6) is 0.269. The van der Waals surface area contributed by atoms with Crippen LogP contribution in [-0.2, 0) is 9.59 Å². The Balaban J connectivity index is 0.00000242. The fraction of sp³-hybridized carbons (Fsp3) is 0.875. The summed E-state index contributed by atoms with van der Waals surface area (Å²) in [4.78, 5) is 26.5. The molecule has 0 bridgehead atoms. The minimum Gasteiger partial charge on any atom is -0.355 e. The van der Waals surface area contributed by atoms with E-state index in [2.05, 4.69) is 5.32 Å². The lowest BCUT2D eigenvalue weighted by atomic mass is 9.83. The smallest absolute Gasteiger partial charge is 0.230 e. The second kappa shape index (κ2) is 8.16. The molecule has 2 saturated carbocycles. The van der Waals surface area contributed by atoms with Crippen LogP contribution in [0.4, 0.5) is 0 Å². The molecule has 2 aliphatic carbocycles. The Bertz CT molecular complexity index is 395. The maximum atomic E-state index is 12.5. The van der Waals surface area contributed by atoms with Gasteiger partial charge in [0.15, 0.2) is 0 Å². The van der Waals surface area contributed by atoms with Gasteiger partial charge in [-0.1, -0.05) is 19.3 Å². The highest BCUT2D eigenvalue weighted by Crippen LogP contribution is 2.39. The van der Waals surface area contributed by atoms with Gasteiger partial charge in [-0.15, -0.1) is 12.4 Å². The lowest BCUT2D eigenvalue weighted by Gasteiger charge is -2.32. The van der Waals surface area contributed by atoms with Crippen LogP contribution in [0.3, 0.4) is 0 Å². The van der Waals surface area contributed by atoms with Gasteiger partial charge in [-0.05, 0) is 32.1 Å². The molecule has 2 unspecified atom stereocenters. The van der Waals surface area contributed by atoms with Crippen molar-refractivity contribution in [2.45, 2.75) is 57.4 Å². The lowest BCUT2D eigenvalue weighted by molar-refractivity contribution is -0.139. The topological polar surface area (TPSA) is 75.4 Å². The summed E-state index contributed by atoms with van der Waals surface area (Å²) in [6, 6.07) is 0.151. The van der Waals surface area contributed by atoms with Crippen molar-refractivity contribution in [2.24, 2.45) is 17.1 Å². The molecule has 2 aliphatic rings.